The molecule has 28 heavy (non-hydrogen) atoms. The lowest BCUT2D eigenvalue weighted by molar-refractivity contribution is -0.140. The van der Waals surface area contributed by atoms with Gasteiger partial charge >= 0.3 is 5.97 Å². The molecule has 5 nitrogen and oxygen atoms in total. The summed E-state index contributed by atoms with van der Waals surface area (Å²) in [6, 6.07) is 14.3. The molecule has 0 N–H and O–H groups in total. The third-order valence-corrected chi connectivity index (χ3v) is 5.53. The Bertz CT molecular complexity index is 908. The van der Waals surface area contributed by atoms with Crippen LogP contribution in [0.2, 0.25) is 0 Å². The predicted molar refractivity (Wildman–Crippen MR) is 111 cm³/mol. The van der Waals surface area contributed by atoms with Crippen molar-refractivity contribution in [1.29, 1.82) is 0 Å². The molecule has 6 heteroatoms. The van der Waals surface area contributed by atoms with Gasteiger partial charge in [0.2, 0.25) is 0 Å². The molecule has 0 saturated heterocycles. The van der Waals surface area contributed by atoms with Crippen molar-refractivity contribution in [2.24, 2.45) is 0 Å². The minimum atomic E-state index is -0.221. The Morgan fingerprint density at radius 2 is 1.86 bits per heavy atom. The van der Waals surface area contributed by atoms with Crippen LogP contribution in [0.15, 0.2) is 64.8 Å². The van der Waals surface area contributed by atoms with Gasteiger partial charge in [-0.3, -0.25) is 9.78 Å². The molecule has 0 saturated carbocycles. The molecular formula is C22H25N3O2S. The van der Waals surface area contributed by atoms with Gasteiger partial charge in [-0.15, -0.1) is 0 Å². The van der Waals surface area contributed by atoms with E-state index in [4.69, 9.17) is 9.72 Å². The van der Waals surface area contributed by atoms with Crippen LogP contribution in [0.5, 0.6) is 0 Å². The lowest BCUT2D eigenvalue weighted by Gasteiger charge is -2.13. The molecule has 0 aliphatic heterocycles. The number of aromatic nitrogens is 3. The van der Waals surface area contributed by atoms with E-state index in [2.05, 4.69) is 35.5 Å². The Morgan fingerprint density at radius 1 is 1.14 bits per heavy atom. The third kappa shape index (κ3) is 5.01. The molecule has 0 bridgehead atoms. The number of hydrogen-bond acceptors (Lipinski definition) is 5. The maximum Gasteiger partial charge on any atom is 0.305 e. The van der Waals surface area contributed by atoms with Crippen LogP contribution in [-0.4, -0.2) is 27.6 Å². The highest BCUT2D eigenvalue weighted by Gasteiger charge is 2.21. The third-order valence-electron chi connectivity index (χ3n) is 4.40. The quantitative estimate of drug-likeness (QED) is 0.517. The standard InChI is InChI=1S/C22H25N3O2S/c1-16(2)21-22(28-18-7-5-4-6-8-18)25(15-17-11-13-23-14-12-17)19(24-21)9-10-20(26)27-3/h4-8,11-14,16H,9-10,15H2,1-3H3. The molecule has 0 aliphatic rings. The number of methoxy groups -OCH3 is 1. The van der Waals surface area contributed by atoms with E-state index >= 15 is 0 Å². The van der Waals surface area contributed by atoms with Gasteiger partial charge in [-0.05, 0) is 35.7 Å². The van der Waals surface area contributed by atoms with E-state index in [0.717, 1.165) is 22.1 Å². The van der Waals surface area contributed by atoms with E-state index in [0.29, 0.717) is 19.4 Å². The minimum Gasteiger partial charge on any atom is -0.469 e. The van der Waals surface area contributed by atoms with Crippen LogP contribution in [0.4, 0.5) is 0 Å². The van der Waals surface area contributed by atoms with Crippen molar-refractivity contribution in [3.8, 4) is 0 Å². The molecule has 3 rings (SSSR count). The van der Waals surface area contributed by atoms with E-state index in [1.807, 2.05) is 30.3 Å². The lowest BCUT2D eigenvalue weighted by atomic mass is 10.1. The lowest BCUT2D eigenvalue weighted by Crippen LogP contribution is -2.10. The van der Waals surface area contributed by atoms with Crippen molar-refractivity contribution in [1.82, 2.24) is 14.5 Å². The number of carbonyl (C=O) groups excluding carboxylic acids is 1. The number of pyridine rings is 1. The van der Waals surface area contributed by atoms with E-state index in [-0.39, 0.29) is 11.9 Å². The summed E-state index contributed by atoms with van der Waals surface area (Å²) in [7, 11) is 1.42. The molecule has 1 aromatic carbocycles. The van der Waals surface area contributed by atoms with Gasteiger partial charge in [-0.25, -0.2) is 4.98 Å². The molecule has 2 heterocycles. The van der Waals surface area contributed by atoms with Crippen molar-refractivity contribution in [2.45, 2.75) is 49.1 Å². The van der Waals surface area contributed by atoms with Crippen molar-refractivity contribution < 1.29 is 9.53 Å². The van der Waals surface area contributed by atoms with Crippen LogP contribution >= 0.6 is 11.8 Å². The first-order chi connectivity index (χ1) is 13.6. The first-order valence-electron chi connectivity index (χ1n) is 9.36. The molecule has 0 atom stereocenters. The number of nitrogens with zero attached hydrogens (tertiary/aromatic N) is 3. The molecule has 0 spiro atoms. The number of carbonyl (C=O) groups is 1. The number of hydrogen-bond donors (Lipinski definition) is 0. The molecule has 0 fully saturated rings. The summed E-state index contributed by atoms with van der Waals surface area (Å²) in [6.45, 7) is 4.99. The van der Waals surface area contributed by atoms with Crippen LogP contribution in [-0.2, 0) is 22.5 Å². The van der Waals surface area contributed by atoms with Crippen LogP contribution in [0.25, 0.3) is 0 Å². The Balaban J connectivity index is 2.02. The van der Waals surface area contributed by atoms with Crippen molar-refractivity contribution in [2.75, 3.05) is 7.11 Å². The number of rotatable bonds is 8. The molecular weight excluding hydrogens is 370 g/mol. The first-order valence-corrected chi connectivity index (χ1v) is 10.2. The van der Waals surface area contributed by atoms with Gasteiger partial charge in [0.05, 0.1) is 19.2 Å². The molecule has 0 aliphatic carbocycles. The van der Waals surface area contributed by atoms with Gasteiger partial charge in [-0.2, -0.15) is 0 Å². The summed E-state index contributed by atoms with van der Waals surface area (Å²) in [5, 5.41) is 1.12. The first kappa shape index (κ1) is 20.1. The second kappa shape index (κ2) is 9.55. The number of ether oxygens (including phenoxy) is 1. The number of esters is 1. The van der Waals surface area contributed by atoms with Crippen molar-refractivity contribution >= 4 is 17.7 Å². The zero-order valence-electron chi connectivity index (χ0n) is 16.5. The number of imidazole rings is 1. The fraction of sp³-hybridized carbons (Fsp3) is 0.318. The van der Waals surface area contributed by atoms with Crippen molar-refractivity contribution in [3.63, 3.8) is 0 Å². The van der Waals surface area contributed by atoms with E-state index in [9.17, 15) is 4.79 Å². The Kier molecular flexibility index (Phi) is 6.87. The Labute approximate surface area is 170 Å². The largest absolute Gasteiger partial charge is 0.469 e. The predicted octanol–water partition coefficient (Wildman–Crippen LogP) is 4.71. The minimum absolute atomic E-state index is 0.221. The van der Waals surface area contributed by atoms with Crippen LogP contribution in [0.3, 0.4) is 0 Å². The highest BCUT2D eigenvalue weighted by Crippen LogP contribution is 2.35. The smallest absolute Gasteiger partial charge is 0.305 e. The normalized spacial score (nSPS) is 11.0. The molecule has 0 unspecified atom stereocenters. The number of benzene rings is 1. The van der Waals surface area contributed by atoms with Gasteiger partial charge in [0.25, 0.3) is 0 Å². The molecule has 3 aromatic rings. The maximum absolute atomic E-state index is 11.7. The Hall–Kier alpha value is -2.60. The second-order valence-electron chi connectivity index (χ2n) is 6.81. The summed E-state index contributed by atoms with van der Waals surface area (Å²) < 4.78 is 7.05. The second-order valence-corrected chi connectivity index (χ2v) is 7.87. The highest BCUT2D eigenvalue weighted by molar-refractivity contribution is 7.99. The molecule has 0 amide bonds. The van der Waals surface area contributed by atoms with Gasteiger partial charge in [-0.1, -0.05) is 43.8 Å². The molecule has 2 aromatic heterocycles. The zero-order valence-corrected chi connectivity index (χ0v) is 17.3. The zero-order chi connectivity index (χ0) is 19.9. The van der Waals surface area contributed by atoms with Gasteiger partial charge < -0.3 is 9.30 Å². The summed E-state index contributed by atoms with van der Waals surface area (Å²) in [5.74, 6) is 0.966. The SMILES string of the molecule is COC(=O)CCc1nc(C(C)C)c(Sc2ccccc2)n1Cc1ccncc1. The molecule has 146 valence electrons. The summed E-state index contributed by atoms with van der Waals surface area (Å²) in [4.78, 5) is 21.9. The fourth-order valence-electron chi connectivity index (χ4n) is 2.93. The van der Waals surface area contributed by atoms with Crippen LogP contribution in [0.1, 0.15) is 43.3 Å². The van der Waals surface area contributed by atoms with E-state index < -0.39 is 0 Å². The van der Waals surface area contributed by atoms with E-state index in [1.54, 1.807) is 24.2 Å². The highest BCUT2D eigenvalue weighted by atomic mass is 32.2. The summed E-state index contributed by atoms with van der Waals surface area (Å²) >= 11 is 1.72. The van der Waals surface area contributed by atoms with Gasteiger partial charge in [0.15, 0.2) is 0 Å². The van der Waals surface area contributed by atoms with Crippen LogP contribution in [0, 0.1) is 0 Å². The summed E-state index contributed by atoms with van der Waals surface area (Å²) in [5.41, 5.74) is 2.21. The van der Waals surface area contributed by atoms with Gasteiger partial charge in [0.1, 0.15) is 10.9 Å². The maximum atomic E-state index is 11.7. The van der Waals surface area contributed by atoms with Gasteiger partial charge in [0, 0.05) is 30.3 Å². The van der Waals surface area contributed by atoms with E-state index in [1.165, 1.54) is 12.0 Å². The average Bonchev–Trinajstić information content (AvgIpc) is 3.05. The van der Waals surface area contributed by atoms with Crippen LogP contribution < -0.4 is 0 Å². The topological polar surface area (TPSA) is 57.0 Å². The average molecular weight is 396 g/mol. The fourth-order valence-corrected chi connectivity index (χ4v) is 4.11. The number of aryl methyl sites for hydroxylation is 1. The monoisotopic (exact) mass is 395 g/mol. The Morgan fingerprint density at radius 3 is 2.50 bits per heavy atom. The summed E-state index contributed by atoms with van der Waals surface area (Å²) in [6.07, 6.45) is 4.46. The van der Waals surface area contributed by atoms with Crippen molar-refractivity contribution in [3.05, 3.63) is 71.9 Å². The molecule has 0 radical (unpaired) electrons.